The van der Waals surface area contributed by atoms with Gasteiger partial charge in [-0.05, 0) is 50.8 Å². The van der Waals surface area contributed by atoms with Crippen molar-refractivity contribution in [2.45, 2.75) is 32.7 Å². The molecule has 120 valence electrons. The lowest BCUT2D eigenvalue weighted by molar-refractivity contribution is -0.132. The molecule has 1 aromatic carbocycles. The van der Waals surface area contributed by atoms with Gasteiger partial charge in [0.25, 0.3) is 0 Å². The van der Waals surface area contributed by atoms with Crippen LogP contribution in [0.25, 0.3) is 0 Å². The summed E-state index contributed by atoms with van der Waals surface area (Å²) in [4.78, 5) is 14.6. The lowest BCUT2D eigenvalue weighted by atomic mass is 9.91. The van der Waals surface area contributed by atoms with Crippen LogP contribution >= 0.6 is 0 Å². The molecular weight excluding hydrogens is 276 g/mol. The second-order valence-corrected chi connectivity index (χ2v) is 6.60. The number of nitrogens with one attached hydrogen (secondary N) is 1. The van der Waals surface area contributed by atoms with Crippen LogP contribution in [0.5, 0.6) is 5.75 Å². The van der Waals surface area contributed by atoms with Crippen molar-refractivity contribution in [3.63, 3.8) is 0 Å². The zero-order valence-electron chi connectivity index (χ0n) is 13.6. The van der Waals surface area contributed by atoms with Gasteiger partial charge in [-0.2, -0.15) is 0 Å². The molecule has 1 atom stereocenters. The van der Waals surface area contributed by atoms with Gasteiger partial charge in [0.1, 0.15) is 5.75 Å². The molecule has 0 radical (unpaired) electrons. The lowest BCUT2D eigenvalue weighted by Gasteiger charge is -2.25. The van der Waals surface area contributed by atoms with Crippen LogP contribution in [-0.4, -0.2) is 37.6 Å². The number of hydrogen-bond acceptors (Lipinski definition) is 3. The highest BCUT2D eigenvalue weighted by Crippen LogP contribution is 2.59. The number of hydrogen-bond donors (Lipinski definition) is 1. The molecule has 1 heterocycles. The van der Waals surface area contributed by atoms with Gasteiger partial charge >= 0.3 is 0 Å². The minimum Gasteiger partial charge on any atom is -0.494 e. The monoisotopic (exact) mass is 302 g/mol. The Hall–Kier alpha value is -1.55. The van der Waals surface area contributed by atoms with E-state index in [1.165, 1.54) is 0 Å². The van der Waals surface area contributed by atoms with Crippen molar-refractivity contribution in [2.24, 2.45) is 11.3 Å². The van der Waals surface area contributed by atoms with Crippen molar-refractivity contribution in [3.8, 4) is 5.75 Å². The highest BCUT2D eigenvalue weighted by molar-refractivity contribution is 5.82. The molecule has 1 amide bonds. The molecule has 1 unspecified atom stereocenters. The Bertz CT molecular complexity index is 538. The number of amides is 1. The van der Waals surface area contributed by atoms with Gasteiger partial charge in [0.2, 0.25) is 5.91 Å². The first-order chi connectivity index (χ1) is 10.7. The number of piperidine rings is 1. The summed E-state index contributed by atoms with van der Waals surface area (Å²) in [6.45, 7) is 5.37. The van der Waals surface area contributed by atoms with Crippen LogP contribution in [0.1, 0.15) is 31.7 Å². The van der Waals surface area contributed by atoms with E-state index in [1.807, 2.05) is 43.1 Å². The molecule has 1 aliphatic carbocycles. The number of benzene rings is 1. The fourth-order valence-corrected chi connectivity index (χ4v) is 3.70. The Kier molecular flexibility index (Phi) is 4.39. The van der Waals surface area contributed by atoms with Gasteiger partial charge in [-0.25, -0.2) is 0 Å². The van der Waals surface area contributed by atoms with E-state index < -0.39 is 0 Å². The summed E-state index contributed by atoms with van der Waals surface area (Å²) in [5.74, 6) is 1.42. The van der Waals surface area contributed by atoms with Gasteiger partial charge in [0, 0.05) is 25.1 Å². The molecule has 1 saturated heterocycles. The number of rotatable bonds is 5. The van der Waals surface area contributed by atoms with Gasteiger partial charge in [-0.3, -0.25) is 4.79 Å². The standard InChI is InChI=1S/C18H26N2O2/c1-3-22-16-7-5-4-6-14(16)13-20(2)17(21)15-12-18(15)8-10-19-11-9-18/h4-7,15,19H,3,8-13H2,1-2H3. The minimum absolute atomic E-state index is 0.235. The van der Waals surface area contributed by atoms with E-state index in [0.717, 1.165) is 43.7 Å². The summed E-state index contributed by atoms with van der Waals surface area (Å²) in [5, 5.41) is 3.39. The first-order valence-electron chi connectivity index (χ1n) is 8.33. The van der Waals surface area contributed by atoms with Gasteiger partial charge in [0.05, 0.1) is 6.61 Å². The Labute approximate surface area is 132 Å². The van der Waals surface area contributed by atoms with Crippen molar-refractivity contribution >= 4 is 5.91 Å². The van der Waals surface area contributed by atoms with Crippen molar-refractivity contribution in [1.82, 2.24) is 10.2 Å². The Morgan fingerprint density at radius 1 is 1.36 bits per heavy atom. The Morgan fingerprint density at radius 2 is 2.09 bits per heavy atom. The molecule has 2 aliphatic rings. The largest absolute Gasteiger partial charge is 0.494 e. The van der Waals surface area contributed by atoms with E-state index in [0.29, 0.717) is 24.5 Å². The lowest BCUT2D eigenvalue weighted by Crippen LogP contribution is -2.34. The predicted molar refractivity (Wildman–Crippen MR) is 86.7 cm³/mol. The SMILES string of the molecule is CCOc1ccccc1CN(C)C(=O)C1CC12CCNCC2. The third-order valence-electron chi connectivity index (χ3n) is 5.14. The third-order valence-corrected chi connectivity index (χ3v) is 5.14. The van der Waals surface area contributed by atoms with Crippen molar-refractivity contribution < 1.29 is 9.53 Å². The quantitative estimate of drug-likeness (QED) is 0.908. The van der Waals surface area contributed by atoms with Gasteiger partial charge < -0.3 is 15.0 Å². The van der Waals surface area contributed by atoms with E-state index in [-0.39, 0.29) is 5.92 Å². The summed E-state index contributed by atoms with van der Waals surface area (Å²) in [6.07, 6.45) is 3.37. The van der Waals surface area contributed by atoms with Crippen molar-refractivity contribution in [1.29, 1.82) is 0 Å². The fourth-order valence-electron chi connectivity index (χ4n) is 3.70. The fraction of sp³-hybridized carbons (Fsp3) is 0.611. The Morgan fingerprint density at radius 3 is 2.82 bits per heavy atom. The molecule has 0 bridgehead atoms. The summed E-state index contributed by atoms with van der Waals surface area (Å²) >= 11 is 0. The molecule has 2 fully saturated rings. The summed E-state index contributed by atoms with van der Waals surface area (Å²) in [7, 11) is 1.91. The van der Waals surface area contributed by atoms with E-state index in [2.05, 4.69) is 5.32 Å². The van der Waals surface area contributed by atoms with Crippen LogP contribution in [0.4, 0.5) is 0 Å². The molecule has 4 heteroatoms. The van der Waals surface area contributed by atoms with E-state index >= 15 is 0 Å². The zero-order chi connectivity index (χ0) is 15.6. The second-order valence-electron chi connectivity index (χ2n) is 6.60. The van der Waals surface area contributed by atoms with Crippen LogP contribution in [0, 0.1) is 11.3 Å². The van der Waals surface area contributed by atoms with E-state index in [9.17, 15) is 4.79 Å². The first kappa shape index (κ1) is 15.3. The highest BCUT2D eigenvalue weighted by Gasteiger charge is 2.58. The zero-order valence-corrected chi connectivity index (χ0v) is 13.6. The number of carbonyl (C=O) groups is 1. The van der Waals surface area contributed by atoms with E-state index in [1.54, 1.807) is 0 Å². The van der Waals surface area contributed by atoms with Gasteiger partial charge in [-0.15, -0.1) is 0 Å². The van der Waals surface area contributed by atoms with Gasteiger partial charge in [-0.1, -0.05) is 18.2 Å². The van der Waals surface area contributed by atoms with E-state index in [4.69, 9.17) is 4.74 Å². The topological polar surface area (TPSA) is 41.6 Å². The maximum absolute atomic E-state index is 12.7. The summed E-state index contributed by atoms with van der Waals surface area (Å²) < 4.78 is 5.66. The molecule has 4 nitrogen and oxygen atoms in total. The average molecular weight is 302 g/mol. The molecule has 22 heavy (non-hydrogen) atoms. The molecule has 3 rings (SSSR count). The molecule has 1 saturated carbocycles. The summed E-state index contributed by atoms with van der Waals surface area (Å²) in [6, 6.07) is 7.99. The number of ether oxygens (including phenoxy) is 1. The van der Waals surface area contributed by atoms with Crippen LogP contribution in [0.2, 0.25) is 0 Å². The maximum Gasteiger partial charge on any atom is 0.226 e. The minimum atomic E-state index is 0.235. The van der Waals surface area contributed by atoms with Crippen LogP contribution in [-0.2, 0) is 11.3 Å². The number of para-hydroxylation sites is 1. The van der Waals surface area contributed by atoms with Crippen LogP contribution in [0.15, 0.2) is 24.3 Å². The second kappa shape index (κ2) is 6.29. The third kappa shape index (κ3) is 2.98. The average Bonchev–Trinajstić information content (AvgIpc) is 3.22. The molecule has 0 aromatic heterocycles. The summed E-state index contributed by atoms with van der Waals surface area (Å²) in [5.41, 5.74) is 1.39. The molecule has 1 N–H and O–H groups in total. The smallest absolute Gasteiger partial charge is 0.226 e. The number of nitrogens with zero attached hydrogens (tertiary/aromatic N) is 1. The van der Waals surface area contributed by atoms with Crippen molar-refractivity contribution in [2.75, 3.05) is 26.7 Å². The number of carbonyl (C=O) groups excluding carboxylic acids is 1. The predicted octanol–water partition coefficient (Wildman–Crippen LogP) is 2.43. The maximum atomic E-state index is 12.7. The van der Waals surface area contributed by atoms with Crippen molar-refractivity contribution in [3.05, 3.63) is 29.8 Å². The molecule has 1 aliphatic heterocycles. The molecular formula is C18H26N2O2. The highest BCUT2D eigenvalue weighted by atomic mass is 16.5. The molecule has 1 aromatic rings. The van der Waals surface area contributed by atoms with Crippen LogP contribution < -0.4 is 10.1 Å². The van der Waals surface area contributed by atoms with Gasteiger partial charge in [0.15, 0.2) is 0 Å². The normalized spacial score (nSPS) is 22.4. The van der Waals surface area contributed by atoms with Crippen LogP contribution in [0.3, 0.4) is 0 Å². The molecule has 1 spiro atoms. The Balaban J connectivity index is 1.63. The first-order valence-corrected chi connectivity index (χ1v) is 8.33.